The Labute approximate surface area is 187 Å². The van der Waals surface area contributed by atoms with Crippen molar-refractivity contribution in [1.82, 2.24) is 15.1 Å². The Morgan fingerprint density at radius 2 is 1.87 bits per heavy atom. The van der Waals surface area contributed by atoms with Crippen molar-refractivity contribution in [3.63, 3.8) is 0 Å². The maximum absolute atomic E-state index is 13.0. The standard InChI is InChI=1S/C25H32BrN3O/c1-17-22(18(2)29(28-17)15-19-6-4-3-5-7-19)14-27-23(30)13-24-9-20-8-21(10-24)12-25(26,11-20)16-24/h3-7,20-21H,8-16H2,1-2H3,(H,27,30). The van der Waals surface area contributed by atoms with Crippen LogP contribution in [0.4, 0.5) is 0 Å². The molecule has 160 valence electrons. The lowest BCUT2D eigenvalue weighted by atomic mass is 9.48. The molecule has 4 aliphatic rings. The molecule has 0 saturated heterocycles. The summed E-state index contributed by atoms with van der Waals surface area (Å²) < 4.78 is 2.36. The van der Waals surface area contributed by atoms with Crippen LogP contribution in [0.3, 0.4) is 0 Å². The fraction of sp³-hybridized carbons (Fsp3) is 0.600. The van der Waals surface area contributed by atoms with Crippen molar-refractivity contribution in [2.45, 2.75) is 76.2 Å². The highest BCUT2D eigenvalue weighted by molar-refractivity contribution is 9.10. The molecular weight excluding hydrogens is 438 g/mol. The van der Waals surface area contributed by atoms with Gasteiger partial charge < -0.3 is 5.32 Å². The molecule has 4 fully saturated rings. The van der Waals surface area contributed by atoms with E-state index in [2.05, 4.69) is 57.1 Å². The number of halogens is 1. The molecule has 6 rings (SSSR count). The Hall–Kier alpha value is -1.62. The van der Waals surface area contributed by atoms with Crippen LogP contribution < -0.4 is 5.32 Å². The molecule has 1 aromatic heterocycles. The molecule has 0 aliphatic heterocycles. The Bertz CT molecular complexity index is 937. The molecule has 1 aromatic carbocycles. The third-order valence-electron chi connectivity index (χ3n) is 7.82. The zero-order chi connectivity index (χ0) is 20.9. The van der Waals surface area contributed by atoms with E-state index < -0.39 is 0 Å². The molecule has 2 unspecified atom stereocenters. The predicted octanol–water partition coefficient (Wildman–Crippen LogP) is 5.29. The van der Waals surface area contributed by atoms with Crippen molar-refractivity contribution >= 4 is 21.8 Å². The second-order valence-electron chi connectivity index (χ2n) is 10.4. The van der Waals surface area contributed by atoms with Crippen molar-refractivity contribution in [1.29, 1.82) is 0 Å². The number of benzene rings is 1. The van der Waals surface area contributed by atoms with Crippen LogP contribution in [0.15, 0.2) is 30.3 Å². The number of aryl methyl sites for hydroxylation is 1. The number of amides is 1. The van der Waals surface area contributed by atoms with Gasteiger partial charge >= 0.3 is 0 Å². The zero-order valence-electron chi connectivity index (χ0n) is 18.1. The summed E-state index contributed by atoms with van der Waals surface area (Å²) in [5, 5.41) is 7.97. The van der Waals surface area contributed by atoms with Crippen molar-refractivity contribution < 1.29 is 4.79 Å². The van der Waals surface area contributed by atoms with Crippen LogP contribution in [-0.2, 0) is 17.9 Å². The van der Waals surface area contributed by atoms with Crippen molar-refractivity contribution in [3.05, 3.63) is 52.8 Å². The van der Waals surface area contributed by atoms with E-state index in [-0.39, 0.29) is 11.3 Å². The quantitative estimate of drug-likeness (QED) is 0.584. The van der Waals surface area contributed by atoms with E-state index in [1.807, 2.05) is 13.0 Å². The van der Waals surface area contributed by atoms with E-state index in [1.165, 1.54) is 44.1 Å². The van der Waals surface area contributed by atoms with Gasteiger partial charge in [-0.15, -0.1) is 0 Å². The third kappa shape index (κ3) is 3.86. The Morgan fingerprint density at radius 3 is 2.53 bits per heavy atom. The van der Waals surface area contributed by atoms with Crippen LogP contribution in [0.25, 0.3) is 0 Å². The monoisotopic (exact) mass is 469 g/mol. The first-order valence-corrected chi connectivity index (χ1v) is 12.1. The molecule has 2 aromatic rings. The van der Waals surface area contributed by atoms with Gasteiger partial charge in [-0.3, -0.25) is 9.48 Å². The first kappa shape index (κ1) is 20.3. The van der Waals surface area contributed by atoms with E-state index in [1.54, 1.807) is 0 Å². The van der Waals surface area contributed by atoms with Crippen LogP contribution in [-0.4, -0.2) is 20.0 Å². The predicted molar refractivity (Wildman–Crippen MR) is 122 cm³/mol. The lowest BCUT2D eigenvalue weighted by molar-refractivity contribution is -0.128. The molecule has 4 nitrogen and oxygen atoms in total. The number of aromatic nitrogens is 2. The molecule has 0 spiro atoms. The highest BCUT2D eigenvalue weighted by atomic mass is 79.9. The maximum Gasteiger partial charge on any atom is 0.220 e. The molecule has 1 amide bonds. The summed E-state index contributed by atoms with van der Waals surface area (Å²) in [6.07, 6.45) is 8.36. The van der Waals surface area contributed by atoms with Gasteiger partial charge in [-0.1, -0.05) is 46.3 Å². The topological polar surface area (TPSA) is 46.9 Å². The number of carbonyl (C=O) groups is 1. The minimum Gasteiger partial charge on any atom is -0.352 e. The minimum atomic E-state index is 0.211. The second-order valence-corrected chi connectivity index (χ2v) is 12.0. The number of rotatable bonds is 6. The molecule has 4 aliphatic carbocycles. The fourth-order valence-corrected chi connectivity index (χ4v) is 8.54. The molecular formula is C25H32BrN3O. The smallest absolute Gasteiger partial charge is 0.220 e. The molecule has 4 bridgehead atoms. The number of hydrogen-bond acceptors (Lipinski definition) is 2. The van der Waals surface area contributed by atoms with Crippen LogP contribution in [0.2, 0.25) is 0 Å². The summed E-state index contributed by atoms with van der Waals surface area (Å²) in [6, 6.07) is 10.4. The number of hydrogen-bond donors (Lipinski definition) is 1. The molecule has 4 saturated carbocycles. The Morgan fingerprint density at radius 1 is 1.17 bits per heavy atom. The largest absolute Gasteiger partial charge is 0.352 e. The Balaban J connectivity index is 1.23. The van der Waals surface area contributed by atoms with Crippen LogP contribution in [0.5, 0.6) is 0 Å². The highest BCUT2D eigenvalue weighted by Crippen LogP contribution is 2.65. The van der Waals surface area contributed by atoms with Gasteiger partial charge in [-0.25, -0.2) is 0 Å². The number of nitrogens with zero attached hydrogens (tertiary/aromatic N) is 2. The lowest BCUT2D eigenvalue weighted by Crippen LogP contribution is -2.54. The fourth-order valence-electron chi connectivity index (χ4n) is 7.03. The molecule has 1 heterocycles. The van der Waals surface area contributed by atoms with Gasteiger partial charge in [0, 0.05) is 28.5 Å². The van der Waals surface area contributed by atoms with E-state index in [0.717, 1.165) is 35.3 Å². The summed E-state index contributed by atoms with van der Waals surface area (Å²) in [6.45, 7) is 5.50. The molecule has 0 radical (unpaired) electrons. The van der Waals surface area contributed by atoms with E-state index in [4.69, 9.17) is 5.10 Å². The highest BCUT2D eigenvalue weighted by Gasteiger charge is 2.57. The zero-order valence-corrected chi connectivity index (χ0v) is 19.7. The van der Waals surface area contributed by atoms with E-state index >= 15 is 0 Å². The van der Waals surface area contributed by atoms with Gasteiger partial charge in [-0.2, -0.15) is 5.10 Å². The minimum absolute atomic E-state index is 0.211. The van der Waals surface area contributed by atoms with E-state index in [9.17, 15) is 4.79 Å². The van der Waals surface area contributed by atoms with Crippen LogP contribution in [0.1, 0.15) is 67.5 Å². The average Bonchev–Trinajstić information content (AvgIpc) is 2.91. The van der Waals surface area contributed by atoms with Gasteiger partial charge in [0.25, 0.3) is 0 Å². The number of alkyl halides is 1. The maximum atomic E-state index is 13.0. The second kappa shape index (κ2) is 7.51. The summed E-state index contributed by atoms with van der Waals surface area (Å²) in [5.74, 6) is 1.85. The normalized spacial score (nSPS) is 31.8. The summed E-state index contributed by atoms with van der Waals surface area (Å²) in [7, 11) is 0. The van der Waals surface area contributed by atoms with Crippen molar-refractivity contribution in [2.75, 3.05) is 0 Å². The first-order chi connectivity index (χ1) is 14.3. The molecule has 1 N–H and O–H groups in total. The average molecular weight is 470 g/mol. The molecule has 5 heteroatoms. The molecule has 30 heavy (non-hydrogen) atoms. The number of nitrogens with one attached hydrogen (secondary N) is 1. The van der Waals surface area contributed by atoms with Gasteiger partial charge in [0.15, 0.2) is 0 Å². The van der Waals surface area contributed by atoms with Crippen molar-refractivity contribution in [3.8, 4) is 0 Å². The first-order valence-electron chi connectivity index (χ1n) is 11.4. The van der Waals surface area contributed by atoms with Gasteiger partial charge in [-0.05, 0) is 75.2 Å². The summed E-state index contributed by atoms with van der Waals surface area (Å²) in [4.78, 5) is 13.0. The SMILES string of the molecule is Cc1nn(Cc2ccccc2)c(C)c1CNC(=O)CC12CC3CC(CC(Br)(C3)C1)C2. The van der Waals surface area contributed by atoms with Gasteiger partial charge in [0.05, 0.1) is 12.2 Å². The summed E-state index contributed by atoms with van der Waals surface area (Å²) >= 11 is 4.06. The number of carbonyl (C=O) groups excluding carboxylic acids is 1. The van der Waals surface area contributed by atoms with Gasteiger partial charge in [0.1, 0.15) is 0 Å². The third-order valence-corrected chi connectivity index (χ3v) is 8.74. The Kier molecular flexibility index (Phi) is 5.08. The molecule has 2 atom stereocenters. The van der Waals surface area contributed by atoms with Crippen LogP contribution in [0, 0.1) is 31.1 Å². The van der Waals surface area contributed by atoms with E-state index in [0.29, 0.717) is 17.3 Å². The van der Waals surface area contributed by atoms with Crippen molar-refractivity contribution in [2.24, 2.45) is 17.3 Å². The summed E-state index contributed by atoms with van der Waals surface area (Å²) in [5.41, 5.74) is 4.77. The lowest BCUT2D eigenvalue weighted by Gasteiger charge is -2.60. The van der Waals surface area contributed by atoms with Gasteiger partial charge in [0.2, 0.25) is 5.91 Å². The van der Waals surface area contributed by atoms with Crippen LogP contribution >= 0.6 is 15.9 Å².